The molecular weight excluding hydrogens is 384 g/mol. The lowest BCUT2D eigenvalue weighted by molar-refractivity contribution is 0.0697. The van der Waals surface area contributed by atoms with Gasteiger partial charge in [0.15, 0.2) is 0 Å². The van der Waals surface area contributed by atoms with Crippen LogP contribution < -0.4 is 5.32 Å². The van der Waals surface area contributed by atoms with Gasteiger partial charge < -0.3 is 10.2 Å². The van der Waals surface area contributed by atoms with Crippen molar-refractivity contribution in [1.82, 2.24) is 10.2 Å². The molecule has 3 aliphatic rings. The predicted molar refractivity (Wildman–Crippen MR) is 111 cm³/mol. The van der Waals surface area contributed by atoms with Crippen LogP contribution in [0.15, 0.2) is 22.9 Å². The van der Waals surface area contributed by atoms with E-state index in [4.69, 9.17) is 0 Å². The van der Waals surface area contributed by atoms with Crippen molar-refractivity contribution >= 4 is 41.0 Å². The fourth-order valence-electron chi connectivity index (χ4n) is 4.71. The first-order chi connectivity index (χ1) is 12.3. The molecule has 1 atom stereocenters. The number of hydrogen-bond donors (Lipinski definition) is 1. The van der Waals surface area contributed by atoms with Gasteiger partial charge in [0.2, 0.25) is 0 Å². The lowest BCUT2D eigenvalue weighted by Gasteiger charge is -2.29. The summed E-state index contributed by atoms with van der Waals surface area (Å²) in [7, 11) is 0. The summed E-state index contributed by atoms with van der Waals surface area (Å²) >= 11 is 3.47. The molecule has 5 rings (SSSR count). The predicted octanol–water partition coefficient (Wildman–Crippen LogP) is 4.50. The minimum atomic E-state index is 0. The standard InChI is InChI=1S/C20H24N2OS2.ClH/c23-19(17-10-15-2-1-3-16(15)25-17)22(12-14-4-9-24-13-14)18-11-20(18)5-7-21-8-6-20;/h4,9-10,13,18,21H,1-3,5-8,11-12H2;1H. The number of carbonyl (C=O) groups is 1. The summed E-state index contributed by atoms with van der Waals surface area (Å²) in [6, 6.07) is 4.78. The lowest BCUT2D eigenvalue weighted by Crippen LogP contribution is -2.38. The molecule has 1 spiro atoms. The van der Waals surface area contributed by atoms with Crippen LogP contribution in [0, 0.1) is 5.41 Å². The average Bonchev–Trinajstić information content (AvgIpc) is 3.09. The van der Waals surface area contributed by atoms with Crippen molar-refractivity contribution in [3.05, 3.63) is 43.8 Å². The van der Waals surface area contributed by atoms with Crippen LogP contribution in [0.5, 0.6) is 0 Å². The maximum atomic E-state index is 13.4. The molecule has 0 radical (unpaired) electrons. The van der Waals surface area contributed by atoms with Gasteiger partial charge in [0.05, 0.1) is 4.88 Å². The largest absolute Gasteiger partial charge is 0.330 e. The third-order valence-electron chi connectivity index (χ3n) is 6.27. The summed E-state index contributed by atoms with van der Waals surface area (Å²) in [5.41, 5.74) is 3.09. The topological polar surface area (TPSA) is 32.3 Å². The van der Waals surface area contributed by atoms with Gasteiger partial charge in [-0.3, -0.25) is 4.79 Å². The lowest BCUT2D eigenvalue weighted by atomic mass is 9.93. The Morgan fingerprint density at radius 3 is 2.88 bits per heavy atom. The van der Waals surface area contributed by atoms with E-state index >= 15 is 0 Å². The monoisotopic (exact) mass is 408 g/mol. The molecular formula is C20H25ClN2OS2. The first kappa shape index (κ1) is 18.5. The highest BCUT2D eigenvalue weighted by molar-refractivity contribution is 7.14. The smallest absolute Gasteiger partial charge is 0.264 e. The quantitative estimate of drug-likeness (QED) is 0.807. The molecule has 3 heterocycles. The van der Waals surface area contributed by atoms with E-state index in [1.807, 2.05) is 0 Å². The molecule has 2 fully saturated rings. The SMILES string of the molecule is Cl.O=C(c1cc2c(s1)CCC2)N(Cc1ccsc1)C1CC12CCNCC2. The molecule has 1 aliphatic heterocycles. The zero-order chi connectivity index (χ0) is 16.9. The van der Waals surface area contributed by atoms with Gasteiger partial charge >= 0.3 is 0 Å². The molecule has 1 saturated carbocycles. The van der Waals surface area contributed by atoms with E-state index in [2.05, 4.69) is 33.1 Å². The van der Waals surface area contributed by atoms with Crippen LogP contribution in [0.1, 0.15) is 51.4 Å². The summed E-state index contributed by atoms with van der Waals surface area (Å²) in [4.78, 5) is 18.0. The summed E-state index contributed by atoms with van der Waals surface area (Å²) in [6.07, 6.45) is 7.19. The third-order valence-corrected chi connectivity index (χ3v) is 8.23. The molecule has 1 amide bonds. The van der Waals surface area contributed by atoms with E-state index in [0.29, 0.717) is 11.5 Å². The van der Waals surface area contributed by atoms with E-state index in [9.17, 15) is 4.79 Å². The number of halogens is 1. The van der Waals surface area contributed by atoms with Crippen molar-refractivity contribution in [1.29, 1.82) is 0 Å². The molecule has 140 valence electrons. The van der Waals surface area contributed by atoms with Crippen LogP contribution >= 0.6 is 35.1 Å². The molecule has 26 heavy (non-hydrogen) atoms. The van der Waals surface area contributed by atoms with Gasteiger partial charge in [-0.15, -0.1) is 23.7 Å². The van der Waals surface area contributed by atoms with E-state index < -0.39 is 0 Å². The minimum absolute atomic E-state index is 0. The van der Waals surface area contributed by atoms with Crippen molar-refractivity contribution in [2.75, 3.05) is 13.1 Å². The summed E-state index contributed by atoms with van der Waals surface area (Å²) < 4.78 is 0. The van der Waals surface area contributed by atoms with Crippen LogP contribution in [0.25, 0.3) is 0 Å². The van der Waals surface area contributed by atoms with E-state index in [1.54, 1.807) is 22.7 Å². The van der Waals surface area contributed by atoms with E-state index in [0.717, 1.165) is 37.4 Å². The highest BCUT2D eigenvalue weighted by Gasteiger charge is 2.57. The molecule has 6 heteroatoms. The summed E-state index contributed by atoms with van der Waals surface area (Å²) in [6.45, 7) is 2.97. The minimum Gasteiger partial charge on any atom is -0.330 e. The van der Waals surface area contributed by atoms with Gasteiger partial charge in [-0.1, -0.05) is 0 Å². The number of thiophene rings is 2. The fraction of sp³-hybridized carbons (Fsp3) is 0.550. The van der Waals surface area contributed by atoms with Gasteiger partial charge in [0.1, 0.15) is 0 Å². The van der Waals surface area contributed by atoms with E-state index in [1.165, 1.54) is 41.7 Å². The van der Waals surface area contributed by atoms with E-state index in [-0.39, 0.29) is 18.3 Å². The summed E-state index contributed by atoms with van der Waals surface area (Å²) in [5.74, 6) is 0.269. The maximum absolute atomic E-state index is 13.4. The Hall–Kier alpha value is -0.880. The molecule has 0 bridgehead atoms. The Bertz CT molecular complexity index is 758. The average molecular weight is 409 g/mol. The molecule has 2 aromatic rings. The van der Waals surface area contributed by atoms with Gasteiger partial charge in [-0.25, -0.2) is 0 Å². The number of fused-ring (bicyclic) bond motifs is 1. The number of piperidine rings is 1. The molecule has 1 unspecified atom stereocenters. The zero-order valence-electron chi connectivity index (χ0n) is 14.8. The fourth-order valence-corrected chi connectivity index (χ4v) is 6.58. The Balaban J connectivity index is 0.00000168. The summed E-state index contributed by atoms with van der Waals surface area (Å²) in [5, 5.41) is 7.78. The second kappa shape index (κ2) is 7.27. The molecule has 1 N–H and O–H groups in total. The third kappa shape index (κ3) is 3.24. The van der Waals surface area contributed by atoms with Crippen molar-refractivity contribution in [2.24, 2.45) is 5.41 Å². The van der Waals surface area contributed by atoms with Gasteiger partial charge in [0.25, 0.3) is 5.91 Å². The van der Waals surface area contributed by atoms with Crippen molar-refractivity contribution in [3.63, 3.8) is 0 Å². The molecule has 3 nitrogen and oxygen atoms in total. The molecule has 1 saturated heterocycles. The normalized spacial score (nSPS) is 22.7. The molecule has 0 aromatic carbocycles. The first-order valence-electron chi connectivity index (χ1n) is 9.40. The van der Waals surface area contributed by atoms with Crippen molar-refractivity contribution < 1.29 is 4.79 Å². The Labute approximate surface area is 169 Å². The number of nitrogens with zero attached hydrogens (tertiary/aromatic N) is 1. The number of amides is 1. The highest BCUT2D eigenvalue weighted by Crippen LogP contribution is 2.56. The van der Waals surface area contributed by atoms with Crippen molar-refractivity contribution in [2.45, 2.75) is 51.1 Å². The van der Waals surface area contributed by atoms with Crippen LogP contribution in [-0.2, 0) is 19.4 Å². The second-order valence-electron chi connectivity index (χ2n) is 7.81. The molecule has 2 aromatic heterocycles. The number of rotatable bonds is 4. The van der Waals surface area contributed by atoms with Crippen LogP contribution in [0.2, 0.25) is 0 Å². The Kier molecular flexibility index (Phi) is 5.17. The van der Waals surface area contributed by atoms with Crippen LogP contribution in [0.3, 0.4) is 0 Å². The van der Waals surface area contributed by atoms with Crippen molar-refractivity contribution in [3.8, 4) is 0 Å². The Morgan fingerprint density at radius 2 is 2.15 bits per heavy atom. The number of carbonyl (C=O) groups excluding carboxylic acids is 1. The highest BCUT2D eigenvalue weighted by atomic mass is 35.5. The zero-order valence-corrected chi connectivity index (χ0v) is 17.3. The molecule has 2 aliphatic carbocycles. The Morgan fingerprint density at radius 1 is 1.31 bits per heavy atom. The number of aryl methyl sites for hydroxylation is 2. The van der Waals surface area contributed by atoms with Crippen LogP contribution in [-0.4, -0.2) is 29.9 Å². The second-order valence-corrected chi connectivity index (χ2v) is 9.73. The van der Waals surface area contributed by atoms with Gasteiger partial charge in [0, 0.05) is 17.5 Å². The van der Waals surface area contributed by atoms with Crippen LogP contribution in [0.4, 0.5) is 0 Å². The van der Waals surface area contributed by atoms with Gasteiger partial charge in [-0.2, -0.15) is 11.3 Å². The number of hydrogen-bond acceptors (Lipinski definition) is 4. The number of nitrogens with one attached hydrogen (secondary N) is 1. The maximum Gasteiger partial charge on any atom is 0.264 e. The first-order valence-corrected chi connectivity index (χ1v) is 11.2. The van der Waals surface area contributed by atoms with Gasteiger partial charge in [-0.05, 0) is 91.0 Å².